The molecule has 0 spiro atoms. The van der Waals surface area contributed by atoms with Crippen molar-refractivity contribution < 1.29 is 0 Å². The topological polar surface area (TPSA) is 79.6 Å². The minimum Gasteiger partial charge on any atom is -0.368 e. The molecule has 0 saturated carbocycles. The van der Waals surface area contributed by atoms with Crippen molar-refractivity contribution in [1.29, 1.82) is 0 Å². The van der Waals surface area contributed by atoms with E-state index in [9.17, 15) is 0 Å². The fourth-order valence-electron chi connectivity index (χ4n) is 2.18. The molecule has 4 N–H and O–H groups in total. The van der Waals surface area contributed by atoms with Crippen LogP contribution >= 0.6 is 23.2 Å². The Morgan fingerprint density at radius 2 is 1.86 bits per heavy atom. The Labute approximate surface area is 137 Å². The standard InChI is InChI=1S/C15H13Cl2N5/c1-8-3-2-4-9(5-8)13-11(16)6-10(7-12(13)17)19-15-20-14(18)21-22-15/h2-7H,1H3,(H4,18,19,20,21,22). The van der Waals surface area contributed by atoms with Gasteiger partial charge in [0.2, 0.25) is 11.9 Å². The average molecular weight is 334 g/mol. The molecule has 3 rings (SSSR count). The third-order valence-electron chi connectivity index (χ3n) is 3.11. The van der Waals surface area contributed by atoms with Gasteiger partial charge in [-0.15, -0.1) is 5.10 Å². The van der Waals surface area contributed by atoms with Gasteiger partial charge in [0.25, 0.3) is 0 Å². The summed E-state index contributed by atoms with van der Waals surface area (Å²) in [6, 6.07) is 11.6. The second-order valence-corrected chi connectivity index (χ2v) is 5.67. The van der Waals surface area contributed by atoms with E-state index in [4.69, 9.17) is 28.9 Å². The average Bonchev–Trinajstić information content (AvgIpc) is 2.83. The minimum absolute atomic E-state index is 0.232. The number of H-pyrrole nitrogens is 1. The van der Waals surface area contributed by atoms with Crippen molar-refractivity contribution in [2.45, 2.75) is 6.92 Å². The summed E-state index contributed by atoms with van der Waals surface area (Å²) >= 11 is 12.8. The molecule has 7 heteroatoms. The third-order valence-corrected chi connectivity index (χ3v) is 3.70. The Morgan fingerprint density at radius 3 is 2.45 bits per heavy atom. The molecule has 0 unspecified atom stereocenters. The Morgan fingerprint density at radius 1 is 1.14 bits per heavy atom. The highest BCUT2D eigenvalue weighted by atomic mass is 35.5. The number of aromatic nitrogens is 3. The van der Waals surface area contributed by atoms with Gasteiger partial charge in [-0.3, -0.25) is 0 Å². The Balaban J connectivity index is 1.98. The van der Waals surface area contributed by atoms with Gasteiger partial charge < -0.3 is 11.1 Å². The Bertz CT molecular complexity index is 805. The predicted molar refractivity (Wildman–Crippen MR) is 90.7 cm³/mol. The van der Waals surface area contributed by atoms with E-state index in [0.29, 0.717) is 21.7 Å². The summed E-state index contributed by atoms with van der Waals surface area (Å²) in [4.78, 5) is 3.97. The lowest BCUT2D eigenvalue weighted by molar-refractivity contribution is 1.10. The van der Waals surface area contributed by atoms with Crippen molar-refractivity contribution in [3.05, 3.63) is 52.0 Å². The van der Waals surface area contributed by atoms with E-state index < -0.39 is 0 Å². The van der Waals surface area contributed by atoms with Gasteiger partial charge in [-0.1, -0.05) is 53.0 Å². The molecule has 5 nitrogen and oxygen atoms in total. The van der Waals surface area contributed by atoms with Gasteiger partial charge in [0.05, 0.1) is 10.0 Å². The van der Waals surface area contributed by atoms with E-state index in [1.165, 1.54) is 0 Å². The zero-order chi connectivity index (χ0) is 15.7. The van der Waals surface area contributed by atoms with Crippen molar-refractivity contribution in [1.82, 2.24) is 15.2 Å². The SMILES string of the molecule is Cc1cccc(-c2c(Cl)cc(Nc3n[nH]c(N)n3)cc2Cl)c1. The van der Waals surface area contributed by atoms with Gasteiger partial charge in [0.15, 0.2) is 0 Å². The molecule has 0 radical (unpaired) electrons. The van der Waals surface area contributed by atoms with Crippen LogP contribution in [0.3, 0.4) is 0 Å². The van der Waals surface area contributed by atoms with Crippen LogP contribution in [-0.4, -0.2) is 15.2 Å². The smallest absolute Gasteiger partial charge is 0.248 e. The van der Waals surface area contributed by atoms with Gasteiger partial charge in [-0.05, 0) is 24.6 Å². The fraction of sp³-hybridized carbons (Fsp3) is 0.0667. The van der Waals surface area contributed by atoms with E-state index in [1.54, 1.807) is 12.1 Å². The lowest BCUT2D eigenvalue weighted by Crippen LogP contribution is -1.94. The van der Waals surface area contributed by atoms with Crippen molar-refractivity contribution in [2.75, 3.05) is 11.1 Å². The first-order valence-electron chi connectivity index (χ1n) is 6.54. The summed E-state index contributed by atoms with van der Waals surface area (Å²) in [5.74, 6) is 0.587. The van der Waals surface area contributed by atoms with Crippen LogP contribution in [0.2, 0.25) is 10.0 Å². The molecule has 1 aromatic heterocycles. The van der Waals surface area contributed by atoms with Crippen LogP contribution in [0.25, 0.3) is 11.1 Å². The Kier molecular flexibility index (Phi) is 3.92. The lowest BCUT2D eigenvalue weighted by atomic mass is 10.0. The number of aromatic amines is 1. The molecular weight excluding hydrogens is 321 g/mol. The quantitative estimate of drug-likeness (QED) is 0.663. The first-order chi connectivity index (χ1) is 10.5. The summed E-state index contributed by atoms with van der Waals surface area (Å²) < 4.78 is 0. The first kappa shape index (κ1) is 14.7. The third kappa shape index (κ3) is 3.00. The molecule has 0 aliphatic heterocycles. The molecule has 0 atom stereocenters. The van der Waals surface area contributed by atoms with E-state index in [0.717, 1.165) is 16.7 Å². The van der Waals surface area contributed by atoms with E-state index in [2.05, 4.69) is 20.5 Å². The summed E-state index contributed by atoms with van der Waals surface area (Å²) in [6.07, 6.45) is 0. The summed E-state index contributed by atoms with van der Waals surface area (Å²) in [7, 11) is 0. The maximum Gasteiger partial charge on any atom is 0.248 e. The second kappa shape index (κ2) is 5.87. The van der Waals surface area contributed by atoms with Crippen molar-refractivity contribution in [2.24, 2.45) is 0 Å². The first-order valence-corrected chi connectivity index (χ1v) is 7.29. The molecule has 3 aromatic rings. The van der Waals surface area contributed by atoms with Crippen LogP contribution in [0.4, 0.5) is 17.6 Å². The van der Waals surface area contributed by atoms with E-state index in [1.807, 2.05) is 31.2 Å². The molecule has 0 fully saturated rings. The monoisotopic (exact) mass is 333 g/mol. The predicted octanol–water partition coefficient (Wildman–Crippen LogP) is 4.41. The molecule has 22 heavy (non-hydrogen) atoms. The van der Waals surface area contributed by atoms with Crippen LogP contribution in [0.1, 0.15) is 5.56 Å². The van der Waals surface area contributed by atoms with Crippen LogP contribution in [0, 0.1) is 6.92 Å². The number of halogens is 2. The number of benzene rings is 2. The maximum atomic E-state index is 6.40. The Hall–Kier alpha value is -2.24. The highest BCUT2D eigenvalue weighted by molar-refractivity contribution is 6.39. The number of nitrogens with one attached hydrogen (secondary N) is 2. The van der Waals surface area contributed by atoms with Gasteiger partial charge >= 0.3 is 0 Å². The van der Waals surface area contributed by atoms with Crippen LogP contribution in [0.15, 0.2) is 36.4 Å². The molecule has 0 amide bonds. The minimum atomic E-state index is 0.232. The molecule has 0 bridgehead atoms. The highest BCUT2D eigenvalue weighted by Gasteiger charge is 2.12. The normalized spacial score (nSPS) is 10.7. The molecule has 0 aliphatic rings. The van der Waals surface area contributed by atoms with Crippen LogP contribution < -0.4 is 11.1 Å². The van der Waals surface area contributed by atoms with Gasteiger partial charge in [-0.2, -0.15) is 4.98 Å². The van der Waals surface area contributed by atoms with E-state index in [-0.39, 0.29) is 5.95 Å². The lowest BCUT2D eigenvalue weighted by Gasteiger charge is -2.11. The highest BCUT2D eigenvalue weighted by Crippen LogP contribution is 2.38. The summed E-state index contributed by atoms with van der Waals surface area (Å²) in [6.45, 7) is 2.02. The number of nitrogens with zero attached hydrogens (tertiary/aromatic N) is 2. The number of nitrogen functional groups attached to an aromatic ring is 1. The number of anilines is 3. The molecule has 1 heterocycles. The summed E-state index contributed by atoms with van der Waals surface area (Å²) in [5, 5.41) is 10.5. The molecular formula is C15H13Cl2N5. The zero-order valence-electron chi connectivity index (χ0n) is 11.7. The summed E-state index contributed by atoms with van der Waals surface area (Å²) in [5.41, 5.74) is 9.09. The van der Waals surface area contributed by atoms with Gasteiger partial charge in [0.1, 0.15) is 0 Å². The van der Waals surface area contributed by atoms with Crippen molar-refractivity contribution >= 4 is 40.8 Å². The molecule has 112 valence electrons. The molecule has 0 aliphatic carbocycles. The van der Waals surface area contributed by atoms with E-state index >= 15 is 0 Å². The largest absolute Gasteiger partial charge is 0.368 e. The van der Waals surface area contributed by atoms with Crippen LogP contribution in [-0.2, 0) is 0 Å². The number of nitrogens with two attached hydrogens (primary N) is 1. The molecule has 2 aromatic carbocycles. The number of rotatable bonds is 3. The fourth-order valence-corrected chi connectivity index (χ4v) is 2.89. The zero-order valence-corrected chi connectivity index (χ0v) is 13.2. The van der Waals surface area contributed by atoms with Crippen LogP contribution in [0.5, 0.6) is 0 Å². The van der Waals surface area contributed by atoms with Crippen molar-refractivity contribution in [3.8, 4) is 11.1 Å². The number of aryl methyl sites for hydroxylation is 1. The number of hydrogen-bond acceptors (Lipinski definition) is 4. The van der Waals surface area contributed by atoms with Gasteiger partial charge in [0, 0.05) is 11.3 Å². The molecule has 0 saturated heterocycles. The number of hydrogen-bond donors (Lipinski definition) is 3. The maximum absolute atomic E-state index is 6.40. The van der Waals surface area contributed by atoms with Crippen molar-refractivity contribution in [3.63, 3.8) is 0 Å². The second-order valence-electron chi connectivity index (χ2n) is 4.85. The van der Waals surface area contributed by atoms with Gasteiger partial charge in [-0.25, -0.2) is 5.10 Å².